The summed E-state index contributed by atoms with van der Waals surface area (Å²) >= 11 is 0. The SMILES string of the molecule is N#Cc1cccc(C#N)c1-c1cc(-c2cccc3c2oc2ccccc23)c(C#N)c(-c2cccc3c2oc2ccccc23)c1. The Kier molecular flexibility index (Phi) is 5.56. The molecule has 8 rings (SSSR count). The van der Waals surface area contributed by atoms with Crippen molar-refractivity contribution in [3.8, 4) is 51.6 Å². The molecule has 2 aromatic heterocycles. The number of fused-ring (bicyclic) bond motifs is 6. The predicted molar refractivity (Wildman–Crippen MR) is 171 cm³/mol. The molecule has 0 fully saturated rings. The molecular weight excluding hydrogens is 542 g/mol. The highest BCUT2D eigenvalue weighted by Crippen LogP contribution is 2.45. The van der Waals surface area contributed by atoms with Crippen molar-refractivity contribution in [3.05, 3.63) is 132 Å². The third-order valence-electron chi connectivity index (χ3n) is 8.23. The van der Waals surface area contributed by atoms with E-state index in [0.717, 1.165) is 43.8 Å². The number of hydrogen-bond acceptors (Lipinski definition) is 5. The van der Waals surface area contributed by atoms with Crippen LogP contribution in [0.1, 0.15) is 16.7 Å². The summed E-state index contributed by atoms with van der Waals surface area (Å²) in [5.41, 5.74) is 7.88. The lowest BCUT2D eigenvalue weighted by Crippen LogP contribution is -1.96. The zero-order chi connectivity index (χ0) is 29.8. The summed E-state index contributed by atoms with van der Waals surface area (Å²) in [4.78, 5) is 0. The van der Waals surface area contributed by atoms with Crippen LogP contribution in [0.25, 0.3) is 77.3 Å². The van der Waals surface area contributed by atoms with Gasteiger partial charge in [-0.3, -0.25) is 0 Å². The van der Waals surface area contributed by atoms with Gasteiger partial charge in [-0.2, -0.15) is 15.8 Å². The van der Waals surface area contributed by atoms with Gasteiger partial charge in [0.2, 0.25) is 0 Å². The van der Waals surface area contributed by atoms with E-state index in [2.05, 4.69) is 18.2 Å². The predicted octanol–water partition coefficient (Wildman–Crippen LogP) is 10.1. The molecule has 0 radical (unpaired) electrons. The van der Waals surface area contributed by atoms with Crippen molar-refractivity contribution in [2.45, 2.75) is 0 Å². The van der Waals surface area contributed by atoms with Crippen LogP contribution in [-0.2, 0) is 0 Å². The summed E-state index contributed by atoms with van der Waals surface area (Å²) in [6.45, 7) is 0. The van der Waals surface area contributed by atoms with E-state index in [1.54, 1.807) is 18.2 Å². The average Bonchev–Trinajstić information content (AvgIpc) is 3.66. The molecule has 44 heavy (non-hydrogen) atoms. The maximum Gasteiger partial charge on any atom is 0.143 e. The highest BCUT2D eigenvalue weighted by molar-refractivity contribution is 6.12. The number of rotatable bonds is 3. The molecule has 202 valence electrons. The van der Waals surface area contributed by atoms with Crippen LogP contribution in [0.3, 0.4) is 0 Å². The van der Waals surface area contributed by atoms with Crippen molar-refractivity contribution in [1.29, 1.82) is 15.8 Å². The minimum Gasteiger partial charge on any atom is -0.455 e. The van der Waals surface area contributed by atoms with Crippen molar-refractivity contribution < 1.29 is 8.83 Å². The Morgan fingerprint density at radius 3 is 1.36 bits per heavy atom. The average molecular weight is 562 g/mol. The highest BCUT2D eigenvalue weighted by atomic mass is 16.3. The summed E-state index contributed by atoms with van der Waals surface area (Å²) < 4.78 is 12.8. The van der Waals surface area contributed by atoms with Crippen LogP contribution in [-0.4, -0.2) is 0 Å². The first-order valence-corrected chi connectivity index (χ1v) is 14.0. The van der Waals surface area contributed by atoms with Crippen LogP contribution in [0, 0.1) is 34.0 Å². The lowest BCUT2D eigenvalue weighted by Gasteiger charge is -2.16. The van der Waals surface area contributed by atoms with Gasteiger partial charge in [-0.05, 0) is 42.0 Å². The third-order valence-corrected chi connectivity index (χ3v) is 8.23. The normalized spacial score (nSPS) is 11.1. The summed E-state index contributed by atoms with van der Waals surface area (Å²) in [7, 11) is 0. The first-order chi connectivity index (χ1) is 21.7. The van der Waals surface area contributed by atoms with Crippen LogP contribution in [0.15, 0.2) is 124 Å². The van der Waals surface area contributed by atoms with Crippen LogP contribution in [0.2, 0.25) is 0 Å². The Balaban J connectivity index is 1.53. The molecule has 0 aliphatic carbocycles. The van der Waals surface area contributed by atoms with Crippen molar-refractivity contribution in [1.82, 2.24) is 0 Å². The smallest absolute Gasteiger partial charge is 0.143 e. The van der Waals surface area contributed by atoms with E-state index in [1.165, 1.54) is 0 Å². The molecule has 0 saturated carbocycles. The number of para-hydroxylation sites is 4. The fourth-order valence-electron chi connectivity index (χ4n) is 6.30. The van der Waals surface area contributed by atoms with Gasteiger partial charge in [-0.1, -0.05) is 78.9 Å². The van der Waals surface area contributed by atoms with Crippen LogP contribution < -0.4 is 0 Å². The molecule has 5 heteroatoms. The molecule has 0 atom stereocenters. The fraction of sp³-hybridized carbons (Fsp3) is 0. The Bertz CT molecular complexity index is 2430. The van der Waals surface area contributed by atoms with Gasteiger partial charge in [0, 0.05) is 49.4 Å². The van der Waals surface area contributed by atoms with Gasteiger partial charge < -0.3 is 8.83 Å². The maximum atomic E-state index is 10.8. The topological polar surface area (TPSA) is 97.6 Å². The lowest BCUT2D eigenvalue weighted by molar-refractivity contribution is 0.670. The van der Waals surface area contributed by atoms with Crippen LogP contribution in [0.5, 0.6) is 0 Å². The van der Waals surface area contributed by atoms with E-state index in [4.69, 9.17) is 8.83 Å². The van der Waals surface area contributed by atoms with E-state index in [1.807, 2.05) is 97.1 Å². The first-order valence-electron chi connectivity index (χ1n) is 14.0. The molecule has 6 aromatic carbocycles. The summed E-state index contributed by atoms with van der Waals surface area (Å²) in [5.74, 6) is 0. The molecule has 2 heterocycles. The van der Waals surface area contributed by atoms with Gasteiger partial charge in [-0.25, -0.2) is 0 Å². The van der Waals surface area contributed by atoms with Gasteiger partial charge in [0.25, 0.3) is 0 Å². The minimum absolute atomic E-state index is 0.370. The van der Waals surface area contributed by atoms with E-state index in [-0.39, 0.29) is 0 Å². The van der Waals surface area contributed by atoms with E-state index in [9.17, 15) is 15.8 Å². The number of nitriles is 3. The number of benzene rings is 6. The van der Waals surface area contributed by atoms with Crippen LogP contribution >= 0.6 is 0 Å². The second kappa shape index (κ2) is 9.74. The number of hydrogen-bond donors (Lipinski definition) is 0. The molecule has 8 aromatic rings. The Labute approximate surface area is 251 Å². The van der Waals surface area contributed by atoms with Crippen molar-refractivity contribution in [2.24, 2.45) is 0 Å². The molecule has 5 nitrogen and oxygen atoms in total. The summed E-state index contributed by atoms with van der Waals surface area (Å²) in [6.07, 6.45) is 0. The zero-order valence-corrected chi connectivity index (χ0v) is 23.1. The number of nitrogens with zero attached hydrogens (tertiary/aromatic N) is 3. The monoisotopic (exact) mass is 561 g/mol. The molecule has 0 aliphatic rings. The van der Waals surface area contributed by atoms with Gasteiger partial charge >= 0.3 is 0 Å². The summed E-state index contributed by atoms with van der Waals surface area (Å²) in [6, 6.07) is 43.4. The van der Waals surface area contributed by atoms with Gasteiger partial charge in [0.15, 0.2) is 0 Å². The molecule has 0 bridgehead atoms. The lowest BCUT2D eigenvalue weighted by atomic mass is 9.85. The van der Waals surface area contributed by atoms with E-state index < -0.39 is 0 Å². The van der Waals surface area contributed by atoms with Crippen LogP contribution in [0.4, 0.5) is 0 Å². The molecule has 0 saturated heterocycles. The van der Waals surface area contributed by atoms with Crippen molar-refractivity contribution >= 4 is 43.9 Å². The zero-order valence-electron chi connectivity index (χ0n) is 23.1. The fourth-order valence-corrected chi connectivity index (χ4v) is 6.30. The summed E-state index contributed by atoms with van der Waals surface area (Å²) in [5, 5.41) is 34.8. The quantitative estimate of drug-likeness (QED) is 0.214. The Morgan fingerprint density at radius 2 is 0.886 bits per heavy atom. The van der Waals surface area contributed by atoms with E-state index >= 15 is 0 Å². The molecular formula is C39H19N3O2. The minimum atomic E-state index is 0.370. The maximum absolute atomic E-state index is 10.8. The second-order valence-corrected chi connectivity index (χ2v) is 10.6. The number of furan rings is 2. The molecule has 0 aliphatic heterocycles. The van der Waals surface area contributed by atoms with Crippen molar-refractivity contribution in [3.63, 3.8) is 0 Å². The molecule has 0 unspecified atom stereocenters. The van der Waals surface area contributed by atoms with E-state index in [0.29, 0.717) is 50.1 Å². The van der Waals surface area contributed by atoms with Crippen molar-refractivity contribution in [2.75, 3.05) is 0 Å². The largest absolute Gasteiger partial charge is 0.455 e. The van der Waals surface area contributed by atoms with Gasteiger partial charge in [0.1, 0.15) is 28.4 Å². The Hall–Kier alpha value is -6.61. The first kappa shape index (κ1) is 25.1. The van der Waals surface area contributed by atoms with Gasteiger partial charge in [-0.15, -0.1) is 0 Å². The third kappa shape index (κ3) is 3.63. The molecule has 0 amide bonds. The highest BCUT2D eigenvalue weighted by Gasteiger charge is 2.23. The standard InChI is InChI=1S/C39H19N3O2/c40-20-23-8-5-9-24(21-41)37(23)25-18-32(30-14-6-12-28-26-10-1-3-16-35(26)43-38(28)30)34(22-42)33(19-25)31-15-7-13-29-27-11-2-4-17-36(27)44-39(29)31/h1-19H. The van der Waals surface area contributed by atoms with Gasteiger partial charge in [0.05, 0.1) is 28.8 Å². The Morgan fingerprint density at radius 1 is 0.432 bits per heavy atom. The second-order valence-electron chi connectivity index (χ2n) is 10.6. The molecule has 0 N–H and O–H groups in total. The molecule has 0 spiro atoms.